The van der Waals surface area contributed by atoms with Gasteiger partial charge < -0.3 is 4.90 Å². The molecule has 29 heavy (non-hydrogen) atoms. The zero-order chi connectivity index (χ0) is 21.2. The fourth-order valence-corrected chi connectivity index (χ4v) is 4.07. The number of aromatic nitrogens is 1. The Morgan fingerprint density at radius 3 is 2.62 bits per heavy atom. The Morgan fingerprint density at radius 2 is 2.00 bits per heavy atom. The highest BCUT2D eigenvalue weighted by Gasteiger charge is 2.19. The molecule has 0 fully saturated rings. The van der Waals surface area contributed by atoms with Crippen LogP contribution in [0.5, 0.6) is 0 Å². The molecule has 0 unspecified atom stereocenters. The predicted octanol–water partition coefficient (Wildman–Crippen LogP) is 5.73. The second-order valence-electron chi connectivity index (χ2n) is 6.87. The molecular weight excluding hydrogens is 398 g/mol. The van der Waals surface area contributed by atoms with E-state index >= 15 is 0 Å². The van der Waals surface area contributed by atoms with E-state index in [4.69, 9.17) is 4.98 Å². The van der Waals surface area contributed by atoms with E-state index in [-0.39, 0.29) is 5.91 Å². The highest BCUT2D eigenvalue weighted by atomic mass is 32.2. The number of anilines is 1. The zero-order valence-electron chi connectivity index (χ0n) is 18.0. The Morgan fingerprint density at radius 1 is 1.28 bits per heavy atom. The van der Waals surface area contributed by atoms with Crippen molar-refractivity contribution in [1.82, 2.24) is 9.71 Å². The van der Waals surface area contributed by atoms with Crippen LogP contribution in [0.15, 0.2) is 48.1 Å². The molecule has 0 atom stereocenters. The Kier molecular flexibility index (Phi) is 9.48. The van der Waals surface area contributed by atoms with Crippen molar-refractivity contribution >= 4 is 34.3 Å². The topological polar surface area (TPSA) is 45.2 Å². The normalized spacial score (nSPS) is 11.8. The van der Waals surface area contributed by atoms with Crippen LogP contribution >= 0.6 is 23.3 Å². The number of nitrogens with one attached hydrogen (secondary N) is 1. The smallest absolute Gasteiger partial charge is 0.280 e. The number of benzene rings is 1. The van der Waals surface area contributed by atoms with Gasteiger partial charge in [-0.1, -0.05) is 66.9 Å². The summed E-state index contributed by atoms with van der Waals surface area (Å²) in [4.78, 5) is 20.2. The van der Waals surface area contributed by atoms with E-state index in [1.807, 2.05) is 13.2 Å². The van der Waals surface area contributed by atoms with Crippen LogP contribution in [-0.4, -0.2) is 30.2 Å². The Hall–Kier alpha value is -2.05. The second-order valence-corrected chi connectivity index (χ2v) is 8.66. The van der Waals surface area contributed by atoms with Gasteiger partial charge >= 0.3 is 0 Å². The lowest BCUT2D eigenvalue weighted by molar-refractivity contribution is 0.0980. The SMILES string of the molecule is C/C=C(\C=C/CC)CN(CCc1ccc(C)cc1)c1nc(C(=O)NSC)c(C)s1. The number of carbonyl (C=O) groups excluding carboxylic acids is 1. The standard InChI is InChI=1S/C23H31N3OS2/c1-6-8-9-19(7-2)16-26(15-14-20-12-10-17(3)11-13-20)23-24-21(18(4)29-23)22(27)25-28-5/h7-13H,6,14-16H2,1-5H3,(H,25,27)/b9-8-,19-7+. The Balaban J connectivity index is 2.25. The number of hydrogen-bond donors (Lipinski definition) is 1. The summed E-state index contributed by atoms with van der Waals surface area (Å²) in [6, 6.07) is 8.68. The van der Waals surface area contributed by atoms with E-state index < -0.39 is 0 Å². The van der Waals surface area contributed by atoms with Crippen molar-refractivity contribution in [2.24, 2.45) is 0 Å². The molecule has 4 nitrogen and oxygen atoms in total. The highest BCUT2D eigenvalue weighted by Crippen LogP contribution is 2.27. The van der Waals surface area contributed by atoms with Gasteiger partial charge in [-0.05, 0) is 44.7 Å². The van der Waals surface area contributed by atoms with E-state index in [1.165, 1.54) is 28.6 Å². The number of carbonyl (C=O) groups is 1. The molecule has 0 aliphatic rings. The van der Waals surface area contributed by atoms with E-state index in [2.05, 4.69) is 72.9 Å². The maximum Gasteiger partial charge on any atom is 0.280 e. The van der Waals surface area contributed by atoms with Crippen LogP contribution in [0.1, 0.15) is 46.8 Å². The van der Waals surface area contributed by atoms with Crippen LogP contribution in [0.2, 0.25) is 0 Å². The first kappa shape index (κ1) is 23.2. The van der Waals surface area contributed by atoms with Gasteiger partial charge in [-0.3, -0.25) is 9.52 Å². The Bertz CT molecular complexity index is 854. The predicted molar refractivity (Wildman–Crippen MR) is 128 cm³/mol. The molecule has 1 aromatic heterocycles. The summed E-state index contributed by atoms with van der Waals surface area (Å²) in [5, 5.41) is 0.894. The van der Waals surface area contributed by atoms with Gasteiger partial charge in [0.05, 0.1) is 0 Å². The molecule has 156 valence electrons. The summed E-state index contributed by atoms with van der Waals surface area (Å²) in [7, 11) is 0. The maximum atomic E-state index is 12.3. The average Bonchev–Trinajstić information content (AvgIpc) is 3.10. The molecule has 0 spiro atoms. The van der Waals surface area contributed by atoms with Crippen LogP contribution in [0, 0.1) is 13.8 Å². The number of thiazole rings is 1. The van der Waals surface area contributed by atoms with Crippen molar-refractivity contribution in [2.45, 2.75) is 40.5 Å². The molecule has 0 saturated heterocycles. The number of allylic oxidation sites excluding steroid dienone is 2. The molecule has 1 amide bonds. The Labute approximate surface area is 183 Å². The van der Waals surface area contributed by atoms with Crippen LogP contribution in [0.25, 0.3) is 0 Å². The first-order valence-electron chi connectivity index (χ1n) is 9.91. The third-order valence-corrected chi connectivity index (χ3v) is 5.99. The number of amides is 1. The fraction of sp³-hybridized carbons (Fsp3) is 0.391. The van der Waals surface area contributed by atoms with Crippen molar-refractivity contribution in [3.05, 3.63) is 69.8 Å². The molecule has 0 aliphatic carbocycles. The molecule has 0 radical (unpaired) electrons. The van der Waals surface area contributed by atoms with Crippen LogP contribution < -0.4 is 9.62 Å². The minimum absolute atomic E-state index is 0.131. The van der Waals surface area contributed by atoms with Crippen molar-refractivity contribution in [3.8, 4) is 0 Å². The first-order valence-corrected chi connectivity index (χ1v) is 12.0. The monoisotopic (exact) mass is 429 g/mol. The summed E-state index contributed by atoms with van der Waals surface area (Å²) in [6.07, 6.45) is 10.3. The maximum absolute atomic E-state index is 12.3. The number of hydrogen-bond acceptors (Lipinski definition) is 5. The van der Waals surface area contributed by atoms with Gasteiger partial charge in [0.15, 0.2) is 5.13 Å². The minimum Gasteiger partial charge on any atom is -0.343 e. The van der Waals surface area contributed by atoms with Gasteiger partial charge in [-0.25, -0.2) is 4.98 Å². The van der Waals surface area contributed by atoms with Gasteiger partial charge in [0.1, 0.15) is 5.69 Å². The third kappa shape index (κ3) is 7.05. The molecular formula is C23H31N3OS2. The molecule has 1 N–H and O–H groups in total. The molecule has 0 saturated carbocycles. The van der Waals surface area contributed by atoms with Gasteiger partial charge in [-0.2, -0.15) is 0 Å². The summed E-state index contributed by atoms with van der Waals surface area (Å²) in [5.41, 5.74) is 4.34. The quantitative estimate of drug-likeness (QED) is 0.387. The summed E-state index contributed by atoms with van der Waals surface area (Å²) >= 11 is 2.88. The second kappa shape index (κ2) is 11.8. The number of rotatable bonds is 10. The van der Waals surface area contributed by atoms with Crippen molar-refractivity contribution in [3.63, 3.8) is 0 Å². The molecule has 1 aromatic carbocycles. The molecule has 0 bridgehead atoms. The van der Waals surface area contributed by atoms with Gasteiger partial charge in [0.2, 0.25) is 0 Å². The van der Waals surface area contributed by atoms with Crippen molar-refractivity contribution in [1.29, 1.82) is 0 Å². The fourth-order valence-electron chi connectivity index (χ4n) is 2.86. The zero-order valence-corrected chi connectivity index (χ0v) is 19.6. The molecule has 2 aromatic rings. The van der Waals surface area contributed by atoms with Gasteiger partial charge in [-0.15, -0.1) is 11.3 Å². The number of nitrogens with zero attached hydrogens (tertiary/aromatic N) is 2. The van der Waals surface area contributed by atoms with Crippen LogP contribution in [0.4, 0.5) is 5.13 Å². The molecule has 1 heterocycles. The van der Waals surface area contributed by atoms with Crippen LogP contribution in [0.3, 0.4) is 0 Å². The summed E-state index contributed by atoms with van der Waals surface area (Å²) < 4.78 is 2.78. The van der Waals surface area contributed by atoms with Gasteiger partial charge in [0.25, 0.3) is 5.91 Å². The third-order valence-electron chi connectivity index (χ3n) is 4.57. The highest BCUT2D eigenvalue weighted by molar-refractivity contribution is 7.97. The lowest BCUT2D eigenvalue weighted by atomic mass is 10.1. The van der Waals surface area contributed by atoms with E-state index in [0.29, 0.717) is 5.69 Å². The summed E-state index contributed by atoms with van der Waals surface area (Å²) in [6.45, 7) is 9.89. The van der Waals surface area contributed by atoms with Crippen molar-refractivity contribution in [2.75, 3.05) is 24.2 Å². The van der Waals surface area contributed by atoms with Crippen molar-refractivity contribution < 1.29 is 4.79 Å². The van der Waals surface area contributed by atoms with E-state index in [1.54, 1.807) is 11.3 Å². The molecule has 2 rings (SSSR count). The molecule has 0 aliphatic heterocycles. The van der Waals surface area contributed by atoms with E-state index in [9.17, 15) is 4.79 Å². The first-order chi connectivity index (χ1) is 14.0. The number of aryl methyl sites for hydroxylation is 2. The van der Waals surface area contributed by atoms with Crippen LogP contribution in [-0.2, 0) is 6.42 Å². The lowest BCUT2D eigenvalue weighted by Crippen LogP contribution is -2.28. The van der Waals surface area contributed by atoms with Gasteiger partial charge in [0, 0.05) is 24.2 Å². The minimum atomic E-state index is -0.131. The largest absolute Gasteiger partial charge is 0.343 e. The summed E-state index contributed by atoms with van der Waals surface area (Å²) in [5.74, 6) is -0.131. The lowest BCUT2D eigenvalue weighted by Gasteiger charge is -2.22. The average molecular weight is 430 g/mol. The molecule has 6 heteroatoms. The van der Waals surface area contributed by atoms with E-state index in [0.717, 1.165) is 35.9 Å².